The van der Waals surface area contributed by atoms with Gasteiger partial charge in [0.1, 0.15) is 17.7 Å². The quantitative estimate of drug-likeness (QED) is 0.471. The van der Waals surface area contributed by atoms with E-state index in [1.54, 1.807) is 20.8 Å². The maximum atomic E-state index is 13.9. The van der Waals surface area contributed by atoms with E-state index in [-0.39, 0.29) is 29.1 Å². The molecule has 37 heavy (non-hydrogen) atoms. The molecule has 0 aromatic carbocycles. The summed E-state index contributed by atoms with van der Waals surface area (Å²) in [5.41, 5.74) is 5.73. The van der Waals surface area contributed by atoms with Gasteiger partial charge in [-0.1, -0.05) is 53.9 Å². The standard InChI is InChI=1S/C27H43N4O6/c1-25(2,3)20(30-24(36)37-26(4,5)6)23(35)31-13-15-17(27(15,7)8)18(31)22(34)29-16(19(32)21(28)33)12-14-10-9-11-14/h14-18,20,28H,9-13H2,1-8H3,(H,29,34)(H,30,36)/t15-,16?,17-,18-,20?/m0/s1. The number of Topliss-reactive ketones (excluding diaryl/α,β-unsaturated/α-hetero) is 1. The minimum atomic E-state index is -1.33. The molecule has 1 heterocycles. The molecule has 0 spiro atoms. The molecule has 10 heteroatoms. The summed E-state index contributed by atoms with van der Waals surface area (Å²) in [6.07, 6.45) is 2.47. The fourth-order valence-corrected chi connectivity index (χ4v) is 5.76. The highest BCUT2D eigenvalue weighted by Gasteiger charge is 2.70. The Morgan fingerprint density at radius 1 is 1.03 bits per heavy atom. The first-order valence-corrected chi connectivity index (χ1v) is 13.2. The van der Waals surface area contributed by atoms with E-state index < -0.39 is 52.8 Å². The molecule has 5 atom stereocenters. The van der Waals surface area contributed by atoms with Crippen LogP contribution in [0.1, 0.15) is 81.1 Å². The highest BCUT2D eigenvalue weighted by molar-refractivity contribution is 6.37. The van der Waals surface area contributed by atoms with E-state index in [1.807, 2.05) is 20.8 Å². The Kier molecular flexibility index (Phi) is 7.74. The van der Waals surface area contributed by atoms with Gasteiger partial charge in [0.05, 0.1) is 6.04 Å². The molecular formula is C27H43N4O6. The van der Waals surface area contributed by atoms with Crippen LogP contribution in [0, 0.1) is 28.6 Å². The molecule has 3 rings (SSSR count). The first-order chi connectivity index (χ1) is 16.8. The van der Waals surface area contributed by atoms with Crippen LogP contribution in [0.5, 0.6) is 0 Å². The first-order valence-electron chi connectivity index (χ1n) is 13.2. The number of alkyl carbamates (subject to hydrolysis) is 1. The van der Waals surface area contributed by atoms with Crippen LogP contribution in [-0.2, 0) is 23.9 Å². The molecule has 0 bridgehead atoms. The van der Waals surface area contributed by atoms with Crippen molar-refractivity contribution in [2.24, 2.45) is 28.6 Å². The fourth-order valence-electron chi connectivity index (χ4n) is 5.76. The minimum Gasteiger partial charge on any atom is -0.444 e. The van der Waals surface area contributed by atoms with Gasteiger partial charge in [-0.2, -0.15) is 0 Å². The number of ether oxygens (including phenoxy) is 1. The van der Waals surface area contributed by atoms with Gasteiger partial charge in [-0.05, 0) is 55.8 Å². The number of rotatable bonds is 8. The number of nitrogens with zero attached hydrogens (tertiary/aromatic N) is 1. The van der Waals surface area contributed by atoms with E-state index in [2.05, 4.69) is 24.5 Å². The predicted octanol–water partition coefficient (Wildman–Crippen LogP) is 2.46. The van der Waals surface area contributed by atoms with Crippen molar-refractivity contribution < 1.29 is 28.7 Å². The average molecular weight is 520 g/mol. The van der Waals surface area contributed by atoms with E-state index in [0.717, 1.165) is 19.3 Å². The van der Waals surface area contributed by atoms with Crippen LogP contribution in [0.2, 0.25) is 0 Å². The zero-order chi connectivity index (χ0) is 28.1. The number of amides is 4. The predicted molar refractivity (Wildman–Crippen MR) is 136 cm³/mol. The van der Waals surface area contributed by atoms with Crippen LogP contribution in [0.25, 0.3) is 0 Å². The van der Waals surface area contributed by atoms with Gasteiger partial charge >= 0.3 is 12.0 Å². The molecule has 207 valence electrons. The number of ketones is 1. The van der Waals surface area contributed by atoms with Crippen molar-refractivity contribution in [1.82, 2.24) is 21.3 Å². The molecule has 1 saturated heterocycles. The molecule has 2 unspecified atom stereocenters. The lowest BCUT2D eigenvalue weighted by Gasteiger charge is -2.38. The van der Waals surface area contributed by atoms with Crippen LogP contribution >= 0.6 is 0 Å². The minimum absolute atomic E-state index is 0.105. The third-order valence-electron chi connectivity index (χ3n) is 8.18. The molecule has 3 aliphatic rings. The Labute approximate surface area is 219 Å². The lowest BCUT2D eigenvalue weighted by Crippen LogP contribution is -2.60. The molecule has 10 nitrogen and oxygen atoms in total. The topological polar surface area (TPSA) is 146 Å². The van der Waals surface area contributed by atoms with Crippen molar-refractivity contribution >= 4 is 29.6 Å². The Morgan fingerprint density at radius 3 is 2.08 bits per heavy atom. The molecule has 1 radical (unpaired) electrons. The Balaban J connectivity index is 1.83. The summed E-state index contributed by atoms with van der Waals surface area (Å²) < 4.78 is 5.38. The number of nitrogens with one attached hydrogen (secondary N) is 3. The lowest BCUT2D eigenvalue weighted by atomic mass is 9.80. The fraction of sp³-hybridized carbons (Fsp3) is 0.815. The Morgan fingerprint density at radius 2 is 1.62 bits per heavy atom. The van der Waals surface area contributed by atoms with Gasteiger partial charge in [0.15, 0.2) is 0 Å². The molecule has 0 aromatic heterocycles. The summed E-state index contributed by atoms with van der Waals surface area (Å²) in [6, 6.07) is -2.85. The highest BCUT2D eigenvalue weighted by Crippen LogP contribution is 2.65. The van der Waals surface area contributed by atoms with Crippen molar-refractivity contribution in [2.75, 3.05) is 6.54 Å². The van der Waals surface area contributed by atoms with Gasteiger partial charge in [-0.15, -0.1) is 0 Å². The van der Waals surface area contributed by atoms with E-state index in [9.17, 15) is 24.0 Å². The molecule has 4 amide bonds. The van der Waals surface area contributed by atoms with Crippen LogP contribution in [0.4, 0.5) is 4.79 Å². The number of hydrogen-bond donors (Lipinski definition) is 2. The monoisotopic (exact) mass is 519 g/mol. The van der Waals surface area contributed by atoms with Crippen molar-refractivity contribution in [3.63, 3.8) is 0 Å². The van der Waals surface area contributed by atoms with E-state index >= 15 is 0 Å². The molecule has 1 aliphatic heterocycles. The number of hydrogen-bond acceptors (Lipinski definition) is 6. The summed E-state index contributed by atoms with van der Waals surface area (Å²) in [5.74, 6) is -2.92. The maximum Gasteiger partial charge on any atom is 0.408 e. The van der Waals surface area contributed by atoms with Crippen molar-refractivity contribution in [3.8, 4) is 0 Å². The number of carbonyl (C=O) groups is 5. The molecular weight excluding hydrogens is 476 g/mol. The summed E-state index contributed by atoms with van der Waals surface area (Å²) in [7, 11) is 0. The second kappa shape index (κ2) is 9.91. The third-order valence-corrected chi connectivity index (χ3v) is 8.18. The van der Waals surface area contributed by atoms with Gasteiger partial charge in [0.2, 0.25) is 17.6 Å². The summed E-state index contributed by atoms with van der Waals surface area (Å²) in [5, 5.41) is 5.44. The first kappa shape index (κ1) is 28.9. The van der Waals surface area contributed by atoms with Crippen molar-refractivity contribution in [1.29, 1.82) is 0 Å². The summed E-state index contributed by atoms with van der Waals surface area (Å²) in [4.78, 5) is 65.7. The second-order valence-corrected chi connectivity index (χ2v) is 13.6. The average Bonchev–Trinajstić information content (AvgIpc) is 3.06. The van der Waals surface area contributed by atoms with Crippen LogP contribution in [0.15, 0.2) is 0 Å². The van der Waals surface area contributed by atoms with Gasteiger partial charge in [-0.3, -0.25) is 24.9 Å². The zero-order valence-electron chi connectivity index (χ0n) is 23.4. The molecule has 0 aromatic rings. The zero-order valence-corrected chi connectivity index (χ0v) is 23.4. The molecule has 2 aliphatic carbocycles. The largest absolute Gasteiger partial charge is 0.444 e. The Hall–Kier alpha value is -2.65. The van der Waals surface area contributed by atoms with Crippen LogP contribution in [0.3, 0.4) is 0 Å². The molecule has 3 N–H and O–H groups in total. The van der Waals surface area contributed by atoms with Gasteiger partial charge in [0.25, 0.3) is 0 Å². The second-order valence-electron chi connectivity index (χ2n) is 13.6. The number of fused-ring (bicyclic) bond motifs is 1. The van der Waals surface area contributed by atoms with E-state index in [1.165, 1.54) is 4.90 Å². The SMILES string of the molecule is CC(C)(C)OC(=O)NC(C(=O)N1C[C@H]2[C@@H]([C@H]1C(=O)NC(CC1CCC1)C(=O)C([NH])=O)C2(C)C)C(C)(C)C. The third kappa shape index (κ3) is 6.26. The lowest BCUT2D eigenvalue weighted by molar-refractivity contribution is -0.145. The number of carbonyl (C=O) groups excluding carboxylic acids is 5. The van der Waals surface area contributed by atoms with Gasteiger partial charge in [0, 0.05) is 6.54 Å². The maximum absolute atomic E-state index is 13.9. The smallest absolute Gasteiger partial charge is 0.408 e. The number of likely N-dealkylation sites (tertiary alicyclic amines) is 1. The molecule has 2 saturated carbocycles. The Bertz CT molecular complexity index is 959. The van der Waals surface area contributed by atoms with Gasteiger partial charge in [-0.25, -0.2) is 4.79 Å². The normalized spacial score (nSPS) is 26.3. The van der Waals surface area contributed by atoms with Crippen LogP contribution in [-0.4, -0.2) is 64.8 Å². The van der Waals surface area contributed by atoms with E-state index in [4.69, 9.17) is 10.5 Å². The van der Waals surface area contributed by atoms with Gasteiger partial charge < -0.3 is 20.3 Å². The number of piperidine rings is 1. The summed E-state index contributed by atoms with van der Waals surface area (Å²) in [6.45, 7) is 15.2. The van der Waals surface area contributed by atoms with Crippen molar-refractivity contribution in [3.05, 3.63) is 0 Å². The van der Waals surface area contributed by atoms with Crippen LogP contribution < -0.4 is 16.4 Å². The molecule has 3 fully saturated rings. The van der Waals surface area contributed by atoms with Crippen molar-refractivity contribution in [2.45, 2.75) is 105 Å². The highest BCUT2D eigenvalue weighted by atomic mass is 16.6. The summed E-state index contributed by atoms with van der Waals surface area (Å²) >= 11 is 0. The van der Waals surface area contributed by atoms with E-state index in [0.29, 0.717) is 13.0 Å².